The van der Waals surface area contributed by atoms with Crippen LogP contribution in [0.2, 0.25) is 0 Å². The number of nitrogens with one attached hydrogen (secondary N) is 1. The molecule has 1 amide bonds. The van der Waals surface area contributed by atoms with E-state index >= 15 is 0 Å². The molecule has 0 spiro atoms. The van der Waals surface area contributed by atoms with Crippen LogP contribution in [-0.4, -0.2) is 43.9 Å². The fraction of sp³-hybridized carbons (Fsp3) is 0.455. The zero-order valence-electron chi connectivity index (χ0n) is 10.6. The lowest BCUT2D eigenvalue weighted by Gasteiger charge is -2.13. The van der Waals surface area contributed by atoms with Crippen molar-refractivity contribution in [1.82, 2.24) is 15.1 Å². The van der Waals surface area contributed by atoms with Crippen molar-refractivity contribution in [3.8, 4) is 0 Å². The average molecular weight is 269 g/mol. The molecule has 3 N–H and O–H groups in total. The number of hydrogen-bond donors (Lipinski definition) is 3. The predicted octanol–water partition coefficient (Wildman–Crippen LogP) is -0.224. The van der Waals surface area contributed by atoms with Crippen molar-refractivity contribution in [3.05, 3.63) is 17.5 Å². The molecule has 8 heteroatoms. The molecule has 1 atom stereocenters. The van der Waals surface area contributed by atoms with E-state index in [2.05, 4.69) is 10.4 Å². The normalized spacial score (nSPS) is 11.9. The molecule has 0 aliphatic carbocycles. The second-order valence-corrected chi connectivity index (χ2v) is 4.06. The first kappa shape index (κ1) is 14.7. The van der Waals surface area contributed by atoms with Gasteiger partial charge in [0.25, 0.3) is 5.91 Å². The van der Waals surface area contributed by atoms with Crippen LogP contribution in [0.25, 0.3) is 0 Å². The third-order valence-corrected chi connectivity index (χ3v) is 2.73. The molecule has 1 aromatic heterocycles. The number of carbonyl (C=O) groups excluding carboxylic acids is 1. The Balaban J connectivity index is 2.74. The van der Waals surface area contributed by atoms with E-state index in [1.165, 1.54) is 10.9 Å². The van der Waals surface area contributed by atoms with Crippen LogP contribution in [0.15, 0.2) is 6.20 Å². The van der Waals surface area contributed by atoms with Crippen LogP contribution in [-0.2, 0) is 16.6 Å². The molecular formula is C11H15N3O5. The van der Waals surface area contributed by atoms with E-state index in [-0.39, 0.29) is 18.4 Å². The fourth-order valence-corrected chi connectivity index (χ4v) is 1.48. The maximum absolute atomic E-state index is 11.9. The highest BCUT2D eigenvalue weighted by Crippen LogP contribution is 2.07. The topological polar surface area (TPSA) is 122 Å². The Bertz CT molecular complexity index is 508. The van der Waals surface area contributed by atoms with Crippen molar-refractivity contribution in [2.24, 2.45) is 7.05 Å². The quantitative estimate of drug-likeness (QED) is 0.656. The summed E-state index contributed by atoms with van der Waals surface area (Å²) in [5, 5.41) is 23.6. The van der Waals surface area contributed by atoms with E-state index in [0.29, 0.717) is 5.69 Å². The Morgan fingerprint density at radius 3 is 2.47 bits per heavy atom. The smallest absolute Gasteiger partial charge is 0.326 e. The lowest BCUT2D eigenvalue weighted by molar-refractivity contribution is -0.140. The molecule has 1 heterocycles. The zero-order chi connectivity index (χ0) is 14.6. The van der Waals surface area contributed by atoms with E-state index in [1.807, 2.05) is 0 Å². The number of aliphatic carboxylic acids is 2. The number of carboxylic acids is 2. The summed E-state index contributed by atoms with van der Waals surface area (Å²) < 4.78 is 1.49. The molecule has 0 saturated carbocycles. The summed E-state index contributed by atoms with van der Waals surface area (Å²) in [6, 6.07) is -1.23. The number of carbonyl (C=O) groups is 3. The third kappa shape index (κ3) is 3.80. The highest BCUT2D eigenvalue weighted by Gasteiger charge is 2.23. The van der Waals surface area contributed by atoms with Gasteiger partial charge in [0, 0.05) is 19.2 Å². The van der Waals surface area contributed by atoms with Crippen molar-refractivity contribution in [2.75, 3.05) is 0 Å². The van der Waals surface area contributed by atoms with Gasteiger partial charge in [0.2, 0.25) is 0 Å². The maximum atomic E-state index is 11.9. The molecule has 1 aromatic rings. The Morgan fingerprint density at radius 2 is 2.05 bits per heavy atom. The number of aryl methyl sites for hydroxylation is 1. The number of amides is 1. The summed E-state index contributed by atoms with van der Waals surface area (Å²) in [5.74, 6) is -2.96. The SMILES string of the molecule is Cc1c(C(=O)NC(CCC(=O)O)C(=O)O)cnn1C. The Morgan fingerprint density at radius 1 is 1.42 bits per heavy atom. The van der Waals surface area contributed by atoms with Crippen LogP contribution in [0.1, 0.15) is 28.9 Å². The van der Waals surface area contributed by atoms with Crippen molar-refractivity contribution in [1.29, 1.82) is 0 Å². The Hall–Kier alpha value is -2.38. The lowest BCUT2D eigenvalue weighted by Crippen LogP contribution is -2.41. The summed E-state index contributed by atoms with van der Waals surface area (Å²) in [7, 11) is 1.66. The number of aromatic nitrogens is 2. The number of hydrogen-bond acceptors (Lipinski definition) is 4. The van der Waals surface area contributed by atoms with Gasteiger partial charge in [-0.3, -0.25) is 14.3 Å². The largest absolute Gasteiger partial charge is 0.481 e. The summed E-state index contributed by atoms with van der Waals surface area (Å²) in [6.45, 7) is 1.68. The average Bonchev–Trinajstić information content (AvgIpc) is 2.64. The Labute approximate surface area is 109 Å². The van der Waals surface area contributed by atoms with Crippen LogP contribution in [0, 0.1) is 6.92 Å². The third-order valence-electron chi connectivity index (χ3n) is 2.73. The van der Waals surface area contributed by atoms with Gasteiger partial charge in [-0.15, -0.1) is 0 Å². The number of rotatable bonds is 6. The molecule has 0 saturated heterocycles. The van der Waals surface area contributed by atoms with Crippen LogP contribution in [0.5, 0.6) is 0 Å². The molecule has 104 valence electrons. The molecule has 0 fully saturated rings. The first-order valence-electron chi connectivity index (χ1n) is 5.57. The van der Waals surface area contributed by atoms with E-state index < -0.39 is 23.9 Å². The highest BCUT2D eigenvalue weighted by atomic mass is 16.4. The van der Waals surface area contributed by atoms with Gasteiger partial charge >= 0.3 is 11.9 Å². The van der Waals surface area contributed by atoms with Gasteiger partial charge in [0.05, 0.1) is 11.8 Å². The molecule has 1 unspecified atom stereocenters. The summed E-state index contributed by atoms with van der Waals surface area (Å²) in [4.78, 5) is 33.2. The minimum atomic E-state index is -1.27. The molecular weight excluding hydrogens is 254 g/mol. The summed E-state index contributed by atoms with van der Waals surface area (Å²) >= 11 is 0. The standard InChI is InChI=1S/C11H15N3O5/c1-6-7(5-12-14(6)2)10(17)13-8(11(18)19)3-4-9(15)16/h5,8H,3-4H2,1-2H3,(H,13,17)(H,15,16)(H,18,19). The number of carboxylic acid groups (broad SMARTS) is 2. The number of nitrogens with zero attached hydrogens (tertiary/aromatic N) is 2. The van der Waals surface area contributed by atoms with E-state index in [9.17, 15) is 14.4 Å². The first-order chi connectivity index (χ1) is 8.82. The first-order valence-corrected chi connectivity index (χ1v) is 5.57. The minimum absolute atomic E-state index is 0.171. The molecule has 19 heavy (non-hydrogen) atoms. The van der Waals surface area contributed by atoms with Gasteiger partial charge in [-0.1, -0.05) is 0 Å². The molecule has 8 nitrogen and oxygen atoms in total. The van der Waals surface area contributed by atoms with Crippen molar-refractivity contribution in [3.63, 3.8) is 0 Å². The van der Waals surface area contributed by atoms with Gasteiger partial charge in [-0.2, -0.15) is 5.10 Å². The van der Waals surface area contributed by atoms with Gasteiger partial charge in [0.15, 0.2) is 0 Å². The molecule has 0 aliphatic heterocycles. The van der Waals surface area contributed by atoms with Gasteiger partial charge < -0.3 is 15.5 Å². The van der Waals surface area contributed by atoms with Crippen LogP contribution in [0.4, 0.5) is 0 Å². The Kier molecular flexibility index (Phi) is 4.62. The second kappa shape index (κ2) is 5.98. The molecule has 0 radical (unpaired) electrons. The van der Waals surface area contributed by atoms with E-state index in [0.717, 1.165) is 0 Å². The van der Waals surface area contributed by atoms with Gasteiger partial charge in [0.1, 0.15) is 6.04 Å². The molecule has 0 aliphatic rings. The highest BCUT2D eigenvalue weighted by molar-refractivity contribution is 5.97. The zero-order valence-corrected chi connectivity index (χ0v) is 10.6. The fourth-order valence-electron chi connectivity index (χ4n) is 1.48. The van der Waals surface area contributed by atoms with Crippen LogP contribution in [0.3, 0.4) is 0 Å². The van der Waals surface area contributed by atoms with Crippen molar-refractivity contribution >= 4 is 17.8 Å². The predicted molar refractivity (Wildman–Crippen MR) is 63.7 cm³/mol. The van der Waals surface area contributed by atoms with Crippen LogP contribution >= 0.6 is 0 Å². The summed E-state index contributed by atoms with van der Waals surface area (Å²) in [5.41, 5.74) is 0.865. The second-order valence-electron chi connectivity index (χ2n) is 4.06. The lowest BCUT2D eigenvalue weighted by atomic mass is 10.1. The monoisotopic (exact) mass is 269 g/mol. The van der Waals surface area contributed by atoms with Crippen molar-refractivity contribution in [2.45, 2.75) is 25.8 Å². The molecule has 0 aromatic carbocycles. The van der Waals surface area contributed by atoms with E-state index in [4.69, 9.17) is 10.2 Å². The van der Waals surface area contributed by atoms with Crippen molar-refractivity contribution < 1.29 is 24.6 Å². The van der Waals surface area contributed by atoms with E-state index in [1.54, 1.807) is 14.0 Å². The van der Waals surface area contributed by atoms with Crippen LogP contribution < -0.4 is 5.32 Å². The summed E-state index contributed by atoms with van der Waals surface area (Å²) in [6.07, 6.45) is 0.833. The molecule has 0 bridgehead atoms. The minimum Gasteiger partial charge on any atom is -0.481 e. The van der Waals surface area contributed by atoms with Gasteiger partial charge in [-0.25, -0.2) is 4.79 Å². The maximum Gasteiger partial charge on any atom is 0.326 e. The molecule has 1 rings (SSSR count). The van der Waals surface area contributed by atoms with Gasteiger partial charge in [-0.05, 0) is 13.3 Å².